The number of anilines is 3. The number of hydrogen-bond donors (Lipinski definition) is 4. The quantitative estimate of drug-likeness (QED) is 0.495. The lowest BCUT2D eigenvalue weighted by atomic mass is 10.1. The fourth-order valence-electron chi connectivity index (χ4n) is 2.93. The molecule has 8 nitrogen and oxygen atoms in total. The molecule has 2 atom stereocenters. The van der Waals surface area contributed by atoms with Crippen molar-refractivity contribution in [3.05, 3.63) is 41.8 Å². The molecule has 2 heterocycles. The Kier molecular flexibility index (Phi) is 5.46. The molecule has 0 unspecified atom stereocenters. The SMILES string of the molecule is CC[C@H](N)[C@@H](C)Nc1nc(Nc2ccc3c(cnn3C)c2)c(C(N)=O)cc1F. The number of rotatable bonds is 7. The number of hydrogen-bond acceptors (Lipinski definition) is 6. The van der Waals surface area contributed by atoms with Crippen molar-refractivity contribution in [2.45, 2.75) is 32.4 Å². The molecule has 0 bridgehead atoms. The first-order valence-electron chi connectivity index (χ1n) is 9.01. The molecule has 0 saturated carbocycles. The normalized spacial score (nSPS) is 13.3. The van der Waals surface area contributed by atoms with Gasteiger partial charge in [0.15, 0.2) is 11.6 Å². The average Bonchev–Trinajstić information content (AvgIpc) is 3.03. The van der Waals surface area contributed by atoms with Crippen LogP contribution >= 0.6 is 0 Å². The summed E-state index contributed by atoms with van der Waals surface area (Å²) in [4.78, 5) is 16.0. The Labute approximate surface area is 162 Å². The zero-order valence-electron chi connectivity index (χ0n) is 16.0. The van der Waals surface area contributed by atoms with E-state index in [1.165, 1.54) is 0 Å². The number of nitrogens with zero attached hydrogens (tertiary/aromatic N) is 3. The second-order valence-electron chi connectivity index (χ2n) is 6.75. The number of carbonyl (C=O) groups excluding carboxylic acids is 1. The maximum Gasteiger partial charge on any atom is 0.252 e. The van der Waals surface area contributed by atoms with Gasteiger partial charge in [-0.05, 0) is 37.6 Å². The van der Waals surface area contributed by atoms with E-state index in [9.17, 15) is 9.18 Å². The molecule has 148 valence electrons. The van der Waals surface area contributed by atoms with Gasteiger partial charge in [-0.3, -0.25) is 9.48 Å². The first-order valence-corrected chi connectivity index (χ1v) is 9.01. The summed E-state index contributed by atoms with van der Waals surface area (Å²) in [6, 6.07) is 6.28. The molecule has 0 aliphatic heterocycles. The molecule has 0 spiro atoms. The number of pyridine rings is 1. The Bertz CT molecular complexity index is 1020. The minimum atomic E-state index is -0.777. The lowest BCUT2D eigenvalue weighted by Crippen LogP contribution is -2.38. The number of nitrogens with one attached hydrogen (secondary N) is 2. The highest BCUT2D eigenvalue weighted by molar-refractivity contribution is 5.99. The van der Waals surface area contributed by atoms with Crippen LogP contribution in [0.3, 0.4) is 0 Å². The molecule has 28 heavy (non-hydrogen) atoms. The molecule has 1 amide bonds. The third-order valence-electron chi connectivity index (χ3n) is 4.73. The van der Waals surface area contributed by atoms with Gasteiger partial charge in [0.1, 0.15) is 5.82 Å². The molecule has 3 aromatic rings. The molecule has 0 saturated heterocycles. The molecular weight excluding hydrogens is 361 g/mol. The van der Waals surface area contributed by atoms with Crippen molar-refractivity contribution in [1.82, 2.24) is 14.8 Å². The number of halogens is 1. The van der Waals surface area contributed by atoms with E-state index in [1.807, 2.05) is 39.1 Å². The number of nitrogens with two attached hydrogens (primary N) is 2. The van der Waals surface area contributed by atoms with Gasteiger partial charge in [0, 0.05) is 30.2 Å². The zero-order valence-corrected chi connectivity index (χ0v) is 16.0. The van der Waals surface area contributed by atoms with Gasteiger partial charge >= 0.3 is 0 Å². The maximum atomic E-state index is 14.5. The molecule has 0 aliphatic rings. The fourth-order valence-corrected chi connectivity index (χ4v) is 2.93. The Morgan fingerprint density at radius 1 is 1.32 bits per heavy atom. The van der Waals surface area contributed by atoms with Crippen LogP contribution in [0.2, 0.25) is 0 Å². The Morgan fingerprint density at radius 3 is 2.75 bits per heavy atom. The van der Waals surface area contributed by atoms with Crippen LogP contribution in [0.25, 0.3) is 10.9 Å². The number of aromatic nitrogens is 3. The van der Waals surface area contributed by atoms with Gasteiger partial charge < -0.3 is 22.1 Å². The maximum absolute atomic E-state index is 14.5. The van der Waals surface area contributed by atoms with E-state index < -0.39 is 11.7 Å². The minimum absolute atomic E-state index is 0.00589. The van der Waals surface area contributed by atoms with E-state index in [1.54, 1.807) is 10.9 Å². The summed E-state index contributed by atoms with van der Waals surface area (Å²) in [5.74, 6) is -1.28. The van der Waals surface area contributed by atoms with Crippen LogP contribution in [0, 0.1) is 5.82 Å². The molecule has 0 radical (unpaired) electrons. The van der Waals surface area contributed by atoms with E-state index in [4.69, 9.17) is 11.5 Å². The molecule has 1 aromatic carbocycles. The van der Waals surface area contributed by atoms with Crippen LogP contribution < -0.4 is 22.1 Å². The fraction of sp³-hybridized carbons (Fsp3) is 0.316. The van der Waals surface area contributed by atoms with Crippen LogP contribution in [0.4, 0.5) is 21.7 Å². The highest BCUT2D eigenvalue weighted by Crippen LogP contribution is 2.26. The summed E-state index contributed by atoms with van der Waals surface area (Å²) >= 11 is 0. The number of benzene rings is 1. The summed E-state index contributed by atoms with van der Waals surface area (Å²) < 4.78 is 16.2. The van der Waals surface area contributed by atoms with Crippen LogP contribution in [0.5, 0.6) is 0 Å². The van der Waals surface area contributed by atoms with Crippen LogP contribution in [-0.2, 0) is 7.05 Å². The Balaban J connectivity index is 1.96. The topological polar surface area (TPSA) is 124 Å². The molecule has 9 heteroatoms. The predicted octanol–water partition coefficient (Wildman–Crippen LogP) is 2.49. The summed E-state index contributed by atoms with van der Waals surface area (Å²) in [7, 11) is 1.85. The van der Waals surface area contributed by atoms with Crippen molar-refractivity contribution in [1.29, 1.82) is 0 Å². The van der Waals surface area contributed by atoms with Crippen molar-refractivity contribution >= 4 is 34.1 Å². The van der Waals surface area contributed by atoms with Crippen molar-refractivity contribution in [2.75, 3.05) is 10.6 Å². The molecular formula is C19H24FN7O. The molecule has 6 N–H and O–H groups in total. The first-order chi connectivity index (χ1) is 13.3. The van der Waals surface area contributed by atoms with Gasteiger partial charge in [-0.2, -0.15) is 5.10 Å². The Morgan fingerprint density at radius 2 is 2.07 bits per heavy atom. The van der Waals surface area contributed by atoms with Crippen LogP contribution in [0.15, 0.2) is 30.5 Å². The second-order valence-corrected chi connectivity index (χ2v) is 6.75. The van der Waals surface area contributed by atoms with Gasteiger partial charge in [-0.1, -0.05) is 6.92 Å². The summed E-state index contributed by atoms with van der Waals surface area (Å²) in [5, 5.41) is 11.1. The van der Waals surface area contributed by atoms with E-state index in [0.717, 1.165) is 23.4 Å². The number of amides is 1. The lowest BCUT2D eigenvalue weighted by molar-refractivity contribution is 0.100. The smallest absolute Gasteiger partial charge is 0.252 e. The van der Waals surface area contributed by atoms with E-state index in [2.05, 4.69) is 20.7 Å². The first kappa shape index (κ1) is 19.6. The van der Waals surface area contributed by atoms with Crippen molar-refractivity contribution in [3.63, 3.8) is 0 Å². The third kappa shape index (κ3) is 3.89. The van der Waals surface area contributed by atoms with Crippen LogP contribution in [-0.4, -0.2) is 32.8 Å². The monoisotopic (exact) mass is 385 g/mol. The highest BCUT2D eigenvalue weighted by atomic mass is 19.1. The van der Waals surface area contributed by atoms with Gasteiger partial charge in [0.25, 0.3) is 5.91 Å². The van der Waals surface area contributed by atoms with Gasteiger partial charge in [0.05, 0.1) is 17.3 Å². The predicted molar refractivity (Wildman–Crippen MR) is 108 cm³/mol. The summed E-state index contributed by atoms with van der Waals surface area (Å²) in [5.41, 5.74) is 13.0. The second kappa shape index (κ2) is 7.81. The molecule has 2 aromatic heterocycles. The average molecular weight is 385 g/mol. The number of aryl methyl sites for hydroxylation is 1. The highest BCUT2D eigenvalue weighted by Gasteiger charge is 2.19. The molecule has 0 aliphatic carbocycles. The number of primary amides is 1. The molecule has 3 rings (SSSR count). The van der Waals surface area contributed by atoms with E-state index >= 15 is 0 Å². The van der Waals surface area contributed by atoms with Crippen molar-refractivity contribution in [3.8, 4) is 0 Å². The van der Waals surface area contributed by atoms with Crippen molar-refractivity contribution < 1.29 is 9.18 Å². The number of fused-ring (bicyclic) bond motifs is 1. The van der Waals surface area contributed by atoms with E-state index in [0.29, 0.717) is 5.69 Å². The Hall–Kier alpha value is -3.20. The summed E-state index contributed by atoms with van der Waals surface area (Å²) in [6.45, 7) is 3.80. The van der Waals surface area contributed by atoms with Crippen LogP contribution in [0.1, 0.15) is 30.6 Å². The standard InChI is InChI=1S/C19H24FN7O/c1-4-15(21)10(2)24-19-14(20)8-13(17(22)28)18(26-19)25-12-5-6-16-11(7-12)9-23-27(16)3/h5-10,15H,4,21H2,1-3H3,(H2,22,28)(H2,24,25,26)/t10-,15+/m1/s1. The lowest BCUT2D eigenvalue weighted by Gasteiger charge is -2.21. The van der Waals surface area contributed by atoms with Gasteiger partial charge in [-0.25, -0.2) is 9.37 Å². The molecule has 0 fully saturated rings. The van der Waals surface area contributed by atoms with Gasteiger partial charge in [0.2, 0.25) is 0 Å². The minimum Gasteiger partial charge on any atom is -0.365 e. The zero-order chi connectivity index (χ0) is 20.4. The van der Waals surface area contributed by atoms with E-state index in [-0.39, 0.29) is 29.3 Å². The summed E-state index contributed by atoms with van der Waals surface area (Å²) in [6.07, 6.45) is 2.46. The van der Waals surface area contributed by atoms with Gasteiger partial charge in [-0.15, -0.1) is 0 Å². The van der Waals surface area contributed by atoms with Crippen molar-refractivity contribution in [2.24, 2.45) is 18.5 Å². The number of carbonyl (C=O) groups is 1. The third-order valence-corrected chi connectivity index (χ3v) is 4.73. The largest absolute Gasteiger partial charge is 0.365 e.